The van der Waals surface area contributed by atoms with E-state index in [0.29, 0.717) is 22.5 Å². The Labute approximate surface area is 153 Å². The quantitative estimate of drug-likeness (QED) is 0.702. The molecule has 2 unspecified atom stereocenters. The molecule has 0 fully saturated rings. The number of fused-ring (bicyclic) bond motifs is 2. The number of aromatic nitrogens is 2. The Balaban J connectivity index is 2.04. The minimum atomic E-state index is -0.200. The molecular weight excluding hydrogens is 332 g/mol. The second kappa shape index (κ2) is 6.85. The predicted molar refractivity (Wildman–Crippen MR) is 97.6 cm³/mol. The van der Waals surface area contributed by atoms with Gasteiger partial charge in [-0.25, -0.2) is 0 Å². The van der Waals surface area contributed by atoms with Crippen LogP contribution in [0.2, 0.25) is 0 Å². The molecule has 1 aliphatic carbocycles. The van der Waals surface area contributed by atoms with Crippen molar-refractivity contribution in [3.63, 3.8) is 0 Å². The van der Waals surface area contributed by atoms with E-state index in [1.54, 1.807) is 26.4 Å². The van der Waals surface area contributed by atoms with Crippen molar-refractivity contribution in [1.29, 1.82) is 0 Å². The third-order valence-electron chi connectivity index (χ3n) is 4.95. The molecule has 2 atom stereocenters. The largest absolute Gasteiger partial charge is 0.375 e. The zero-order chi connectivity index (χ0) is 19.2. The third kappa shape index (κ3) is 2.83. The maximum Gasteiger partial charge on any atom is 0.212 e. The second-order valence-electron chi connectivity index (χ2n) is 7.49. The molecule has 1 aliphatic rings. The van der Waals surface area contributed by atoms with Crippen molar-refractivity contribution in [1.82, 2.24) is 9.97 Å². The zero-order valence-corrected chi connectivity index (χ0v) is 16.1. The zero-order valence-electron chi connectivity index (χ0n) is 16.1. The summed E-state index contributed by atoms with van der Waals surface area (Å²) in [6.07, 6.45) is -0.400. The molecule has 26 heavy (non-hydrogen) atoms. The summed E-state index contributed by atoms with van der Waals surface area (Å²) in [6.45, 7) is 8.12. The molecule has 6 nitrogen and oxygen atoms in total. The van der Waals surface area contributed by atoms with Crippen LogP contribution in [0, 0.1) is 11.8 Å². The molecule has 2 aromatic rings. The van der Waals surface area contributed by atoms with E-state index >= 15 is 0 Å². The van der Waals surface area contributed by atoms with E-state index < -0.39 is 0 Å². The molecular formula is C20H26N2O4. The van der Waals surface area contributed by atoms with Crippen LogP contribution in [0.25, 0.3) is 0 Å². The smallest absolute Gasteiger partial charge is 0.212 e. The van der Waals surface area contributed by atoms with Crippen molar-refractivity contribution in [3.05, 3.63) is 46.0 Å². The molecule has 2 aromatic heterocycles. The van der Waals surface area contributed by atoms with E-state index in [9.17, 15) is 9.59 Å². The van der Waals surface area contributed by atoms with E-state index in [-0.39, 0.29) is 35.6 Å². The van der Waals surface area contributed by atoms with Gasteiger partial charge in [-0.1, -0.05) is 27.7 Å². The van der Waals surface area contributed by atoms with E-state index in [1.807, 2.05) is 27.7 Å². The van der Waals surface area contributed by atoms with Crippen molar-refractivity contribution in [2.24, 2.45) is 11.8 Å². The van der Waals surface area contributed by atoms with Gasteiger partial charge in [0.05, 0.1) is 34.7 Å². The molecule has 0 bridgehead atoms. The Morgan fingerprint density at radius 1 is 0.731 bits per heavy atom. The van der Waals surface area contributed by atoms with Gasteiger partial charge >= 0.3 is 0 Å². The lowest BCUT2D eigenvalue weighted by Gasteiger charge is -2.17. The first-order valence-electron chi connectivity index (χ1n) is 8.90. The van der Waals surface area contributed by atoms with Gasteiger partial charge in [0.1, 0.15) is 0 Å². The fraction of sp³-hybridized carbons (Fsp3) is 0.500. The summed E-state index contributed by atoms with van der Waals surface area (Å²) in [6, 6.07) is 3.48. The minimum absolute atomic E-state index is 0.180. The average Bonchev–Trinajstić information content (AvgIpc) is 3.19. The summed E-state index contributed by atoms with van der Waals surface area (Å²) >= 11 is 0. The van der Waals surface area contributed by atoms with Crippen LogP contribution in [0.4, 0.5) is 0 Å². The van der Waals surface area contributed by atoms with Crippen LogP contribution in [0.3, 0.4) is 0 Å². The topological polar surface area (TPSA) is 84.2 Å². The molecule has 0 spiro atoms. The number of carbonyl (C=O) groups is 2. The molecule has 6 heteroatoms. The van der Waals surface area contributed by atoms with Crippen LogP contribution in [0.15, 0.2) is 12.1 Å². The van der Waals surface area contributed by atoms with E-state index in [2.05, 4.69) is 9.97 Å². The number of hydrogen-bond donors (Lipinski definition) is 2. The first kappa shape index (κ1) is 18.6. The molecule has 0 aromatic carbocycles. The lowest BCUT2D eigenvalue weighted by atomic mass is 9.93. The number of nitrogens with one attached hydrogen (secondary N) is 2. The van der Waals surface area contributed by atoms with Gasteiger partial charge in [0.25, 0.3) is 0 Å². The van der Waals surface area contributed by atoms with Crippen LogP contribution < -0.4 is 0 Å². The number of H-pyrrole nitrogens is 2. The highest BCUT2D eigenvalue weighted by molar-refractivity contribution is 6.27. The first-order valence-corrected chi connectivity index (χ1v) is 8.90. The molecule has 3 rings (SSSR count). The standard InChI is InChI=1S/C20H26N2O4/c1-9(2)19(25-5)13-7-11-15(21-13)18(24)12-8-14(20(26-6)10(3)4)22-16(12)17(11)23/h7-10,19-22H,1-6H3. The first-order chi connectivity index (χ1) is 12.3. The summed E-state index contributed by atoms with van der Waals surface area (Å²) in [5.41, 5.74) is 2.96. The molecule has 0 saturated carbocycles. The van der Waals surface area contributed by atoms with Crippen molar-refractivity contribution >= 4 is 11.6 Å². The summed E-state index contributed by atoms with van der Waals surface area (Å²) in [5.74, 6) is 0.0626. The van der Waals surface area contributed by atoms with Crippen LogP contribution in [0.1, 0.15) is 83.4 Å². The number of carbonyl (C=O) groups excluding carboxylic acids is 2. The maximum absolute atomic E-state index is 13.0. The van der Waals surface area contributed by atoms with Crippen molar-refractivity contribution < 1.29 is 19.1 Å². The Morgan fingerprint density at radius 2 is 1.08 bits per heavy atom. The number of rotatable bonds is 6. The summed E-state index contributed by atoms with van der Waals surface area (Å²) in [5, 5.41) is 0. The van der Waals surface area contributed by atoms with Gasteiger partial charge in [-0.15, -0.1) is 0 Å². The SMILES string of the molecule is COC(c1cc2c([nH]1)C(=O)c1cc(C(OC)C(C)C)[nH]c1C2=O)C(C)C. The van der Waals surface area contributed by atoms with Gasteiger partial charge in [-0.3, -0.25) is 9.59 Å². The van der Waals surface area contributed by atoms with Gasteiger partial charge < -0.3 is 19.4 Å². The fourth-order valence-electron chi connectivity index (χ4n) is 3.76. The normalized spacial score (nSPS) is 16.2. The number of hydrogen-bond acceptors (Lipinski definition) is 4. The maximum atomic E-state index is 13.0. The highest BCUT2D eigenvalue weighted by Gasteiger charge is 2.36. The average molecular weight is 358 g/mol. The summed E-state index contributed by atoms with van der Waals surface area (Å²) in [4.78, 5) is 32.2. The molecule has 0 radical (unpaired) electrons. The number of ketones is 2. The number of methoxy groups -OCH3 is 2. The molecule has 140 valence electrons. The Hall–Kier alpha value is -2.18. The fourth-order valence-corrected chi connectivity index (χ4v) is 3.76. The van der Waals surface area contributed by atoms with Gasteiger partial charge in [0, 0.05) is 25.6 Å². The third-order valence-corrected chi connectivity index (χ3v) is 4.95. The molecule has 0 saturated heterocycles. The second-order valence-corrected chi connectivity index (χ2v) is 7.49. The number of ether oxygens (including phenoxy) is 2. The summed E-state index contributed by atoms with van der Waals surface area (Å²) in [7, 11) is 3.25. The van der Waals surface area contributed by atoms with Crippen molar-refractivity contribution in [2.45, 2.75) is 39.9 Å². The monoisotopic (exact) mass is 358 g/mol. The molecule has 0 amide bonds. The summed E-state index contributed by atoms with van der Waals surface area (Å²) < 4.78 is 11.0. The van der Waals surface area contributed by atoms with Gasteiger partial charge in [0.15, 0.2) is 0 Å². The van der Waals surface area contributed by atoms with Gasteiger partial charge in [0.2, 0.25) is 11.6 Å². The van der Waals surface area contributed by atoms with Crippen LogP contribution >= 0.6 is 0 Å². The predicted octanol–water partition coefficient (Wildman–Crippen LogP) is 3.81. The minimum Gasteiger partial charge on any atom is -0.375 e. The van der Waals surface area contributed by atoms with E-state index in [0.717, 1.165) is 11.4 Å². The lowest BCUT2D eigenvalue weighted by Crippen LogP contribution is -2.19. The van der Waals surface area contributed by atoms with E-state index in [1.165, 1.54) is 0 Å². The number of aromatic amines is 2. The van der Waals surface area contributed by atoms with Crippen molar-refractivity contribution in [3.8, 4) is 0 Å². The molecule has 2 N–H and O–H groups in total. The van der Waals surface area contributed by atoms with Crippen LogP contribution in [-0.2, 0) is 9.47 Å². The highest BCUT2D eigenvalue weighted by Crippen LogP contribution is 2.34. The Bertz CT molecular complexity index is 727. The Morgan fingerprint density at radius 3 is 1.35 bits per heavy atom. The van der Waals surface area contributed by atoms with Crippen LogP contribution in [0.5, 0.6) is 0 Å². The van der Waals surface area contributed by atoms with Crippen LogP contribution in [-0.4, -0.2) is 35.8 Å². The van der Waals surface area contributed by atoms with E-state index in [4.69, 9.17) is 9.47 Å². The highest BCUT2D eigenvalue weighted by atomic mass is 16.5. The van der Waals surface area contributed by atoms with Gasteiger partial charge in [-0.2, -0.15) is 0 Å². The van der Waals surface area contributed by atoms with Gasteiger partial charge in [-0.05, 0) is 24.0 Å². The van der Waals surface area contributed by atoms with Crippen molar-refractivity contribution in [2.75, 3.05) is 14.2 Å². The molecule has 0 aliphatic heterocycles. The Kier molecular flexibility index (Phi) is 4.90. The molecule has 2 heterocycles. The lowest BCUT2D eigenvalue weighted by molar-refractivity contribution is 0.0614.